The molecule has 1 aromatic heterocycles. The highest BCUT2D eigenvalue weighted by Gasteiger charge is 2.25. The molecule has 0 aromatic carbocycles. The first-order chi connectivity index (χ1) is 12.2. The van der Waals surface area contributed by atoms with Gasteiger partial charge in [0, 0.05) is 42.5 Å². The minimum Gasteiger partial charge on any atom is -0.444 e. The molecule has 7 heteroatoms. The Morgan fingerprint density at radius 1 is 1.19 bits per heavy atom. The quantitative estimate of drug-likeness (QED) is 0.797. The van der Waals surface area contributed by atoms with E-state index in [-0.39, 0.29) is 12.0 Å². The standard InChI is InChI=1S/C19H31N3O3S/c1-14-13-16(15(2)26-14)17(23)20-7-6-8-21-9-11-22(12-10-21)18(24)25-19(3,4)5/h13H,6-12H2,1-5H3,(H,20,23). The second kappa shape index (κ2) is 8.86. The Morgan fingerprint density at radius 3 is 2.38 bits per heavy atom. The molecule has 1 saturated heterocycles. The maximum atomic E-state index is 12.2. The van der Waals surface area contributed by atoms with Gasteiger partial charge in [-0.1, -0.05) is 0 Å². The van der Waals surface area contributed by atoms with E-state index in [0.717, 1.165) is 41.4 Å². The van der Waals surface area contributed by atoms with Crippen molar-refractivity contribution >= 4 is 23.3 Å². The zero-order valence-corrected chi connectivity index (χ0v) is 17.4. The number of rotatable bonds is 5. The van der Waals surface area contributed by atoms with Gasteiger partial charge in [0.2, 0.25) is 0 Å². The third-order valence-electron chi connectivity index (χ3n) is 4.25. The van der Waals surface area contributed by atoms with Crippen molar-refractivity contribution in [2.24, 2.45) is 0 Å². The van der Waals surface area contributed by atoms with Crippen LogP contribution < -0.4 is 5.32 Å². The van der Waals surface area contributed by atoms with E-state index < -0.39 is 5.60 Å². The summed E-state index contributed by atoms with van der Waals surface area (Å²) in [5.74, 6) is 0.0154. The maximum Gasteiger partial charge on any atom is 0.410 e. The molecule has 0 unspecified atom stereocenters. The molecular weight excluding hydrogens is 350 g/mol. The molecule has 146 valence electrons. The molecule has 6 nitrogen and oxygen atoms in total. The molecule has 0 radical (unpaired) electrons. The molecule has 0 saturated carbocycles. The van der Waals surface area contributed by atoms with Gasteiger partial charge in [0.15, 0.2) is 0 Å². The highest BCUT2D eigenvalue weighted by atomic mass is 32.1. The van der Waals surface area contributed by atoms with E-state index in [1.54, 1.807) is 16.2 Å². The molecule has 26 heavy (non-hydrogen) atoms. The highest BCUT2D eigenvalue weighted by Crippen LogP contribution is 2.20. The van der Waals surface area contributed by atoms with Crippen molar-refractivity contribution in [2.45, 2.75) is 46.6 Å². The van der Waals surface area contributed by atoms with Crippen molar-refractivity contribution < 1.29 is 14.3 Å². The molecule has 2 amide bonds. The van der Waals surface area contributed by atoms with Crippen LogP contribution in [0.1, 0.15) is 47.3 Å². The predicted octanol–water partition coefficient (Wildman–Crippen LogP) is 3.04. The Balaban J connectivity index is 1.64. The van der Waals surface area contributed by atoms with Crippen LogP contribution >= 0.6 is 11.3 Å². The van der Waals surface area contributed by atoms with Crippen molar-refractivity contribution in [2.75, 3.05) is 39.3 Å². The summed E-state index contributed by atoms with van der Waals surface area (Å²) >= 11 is 1.65. The minimum absolute atomic E-state index is 0.0154. The van der Waals surface area contributed by atoms with Crippen molar-refractivity contribution in [1.82, 2.24) is 15.1 Å². The lowest BCUT2D eigenvalue weighted by Crippen LogP contribution is -2.50. The molecule has 2 heterocycles. The number of carbonyl (C=O) groups excluding carboxylic acids is 2. The van der Waals surface area contributed by atoms with Gasteiger partial charge < -0.3 is 15.0 Å². The number of hydrogen-bond donors (Lipinski definition) is 1. The van der Waals surface area contributed by atoms with Gasteiger partial charge in [-0.3, -0.25) is 9.69 Å². The average molecular weight is 382 g/mol. The fourth-order valence-corrected chi connectivity index (χ4v) is 3.86. The van der Waals surface area contributed by atoms with E-state index in [1.165, 1.54) is 0 Å². The average Bonchev–Trinajstić information content (AvgIpc) is 2.89. The first-order valence-electron chi connectivity index (χ1n) is 9.21. The first kappa shape index (κ1) is 20.7. The molecule has 0 bridgehead atoms. The van der Waals surface area contributed by atoms with Crippen molar-refractivity contribution in [3.63, 3.8) is 0 Å². The molecule has 1 aliphatic rings. The van der Waals surface area contributed by atoms with Gasteiger partial charge in [0.05, 0.1) is 5.56 Å². The lowest BCUT2D eigenvalue weighted by Gasteiger charge is -2.35. The molecule has 1 aliphatic heterocycles. The van der Waals surface area contributed by atoms with Gasteiger partial charge in [0.25, 0.3) is 5.91 Å². The summed E-state index contributed by atoms with van der Waals surface area (Å²) in [5, 5.41) is 3.00. The second-order valence-electron chi connectivity index (χ2n) is 7.75. The fourth-order valence-electron chi connectivity index (χ4n) is 2.94. The smallest absolute Gasteiger partial charge is 0.410 e. The van der Waals surface area contributed by atoms with Crippen LogP contribution in [-0.2, 0) is 4.74 Å². The minimum atomic E-state index is -0.453. The monoisotopic (exact) mass is 381 g/mol. The largest absolute Gasteiger partial charge is 0.444 e. The fraction of sp³-hybridized carbons (Fsp3) is 0.684. The predicted molar refractivity (Wildman–Crippen MR) is 105 cm³/mol. The third kappa shape index (κ3) is 6.29. The van der Waals surface area contributed by atoms with Crippen LogP contribution in [-0.4, -0.2) is 66.7 Å². The van der Waals surface area contributed by atoms with Crippen LogP contribution in [0.3, 0.4) is 0 Å². The molecule has 1 N–H and O–H groups in total. The zero-order chi connectivity index (χ0) is 19.3. The van der Waals surface area contributed by atoms with E-state index in [0.29, 0.717) is 19.6 Å². The molecule has 2 rings (SSSR count). The molecule has 1 fully saturated rings. The number of piperazine rings is 1. The van der Waals surface area contributed by atoms with Crippen LogP contribution in [0.25, 0.3) is 0 Å². The third-order valence-corrected chi connectivity index (χ3v) is 5.21. The van der Waals surface area contributed by atoms with Crippen LogP contribution in [0.5, 0.6) is 0 Å². The van der Waals surface area contributed by atoms with E-state index >= 15 is 0 Å². The normalized spacial score (nSPS) is 15.8. The lowest BCUT2D eigenvalue weighted by atomic mass is 10.2. The van der Waals surface area contributed by atoms with Gasteiger partial charge in [0.1, 0.15) is 5.60 Å². The van der Waals surface area contributed by atoms with Crippen LogP contribution in [0, 0.1) is 13.8 Å². The molecule has 1 aromatic rings. The molecular formula is C19H31N3O3S. The van der Waals surface area contributed by atoms with Crippen molar-refractivity contribution in [1.29, 1.82) is 0 Å². The Morgan fingerprint density at radius 2 is 1.85 bits per heavy atom. The number of aryl methyl sites for hydroxylation is 2. The van der Waals surface area contributed by atoms with Crippen LogP contribution in [0.15, 0.2) is 6.07 Å². The number of nitrogens with zero attached hydrogens (tertiary/aromatic N) is 2. The Kier molecular flexibility index (Phi) is 7.06. The number of nitrogens with one attached hydrogen (secondary N) is 1. The summed E-state index contributed by atoms with van der Waals surface area (Å²) in [7, 11) is 0. The number of thiophene rings is 1. The summed E-state index contributed by atoms with van der Waals surface area (Å²) in [5.41, 5.74) is 0.338. The second-order valence-corrected chi connectivity index (χ2v) is 9.21. The summed E-state index contributed by atoms with van der Waals surface area (Å²) in [4.78, 5) is 30.6. The van der Waals surface area contributed by atoms with Crippen molar-refractivity contribution in [3.8, 4) is 0 Å². The van der Waals surface area contributed by atoms with E-state index in [1.807, 2.05) is 40.7 Å². The molecule has 0 spiro atoms. The number of ether oxygens (including phenoxy) is 1. The van der Waals surface area contributed by atoms with Gasteiger partial charge in [-0.15, -0.1) is 11.3 Å². The summed E-state index contributed by atoms with van der Waals surface area (Å²) < 4.78 is 5.41. The van der Waals surface area contributed by atoms with E-state index in [9.17, 15) is 9.59 Å². The summed E-state index contributed by atoms with van der Waals surface area (Å²) in [6.07, 6.45) is 0.672. The molecule has 0 atom stereocenters. The Bertz CT molecular complexity index is 628. The molecule has 0 aliphatic carbocycles. The van der Waals surface area contributed by atoms with Crippen molar-refractivity contribution in [3.05, 3.63) is 21.4 Å². The topological polar surface area (TPSA) is 61.9 Å². The number of hydrogen-bond acceptors (Lipinski definition) is 5. The number of carbonyl (C=O) groups is 2. The maximum absolute atomic E-state index is 12.2. The van der Waals surface area contributed by atoms with Crippen LogP contribution in [0.2, 0.25) is 0 Å². The summed E-state index contributed by atoms with van der Waals surface area (Å²) in [6, 6.07) is 1.95. The highest BCUT2D eigenvalue weighted by molar-refractivity contribution is 7.12. The first-order valence-corrected chi connectivity index (χ1v) is 10.0. The Hall–Kier alpha value is -1.60. The van der Waals surface area contributed by atoms with E-state index in [2.05, 4.69) is 10.2 Å². The van der Waals surface area contributed by atoms with Gasteiger partial charge in [-0.25, -0.2) is 4.79 Å². The zero-order valence-electron chi connectivity index (χ0n) is 16.6. The summed E-state index contributed by atoms with van der Waals surface area (Å²) in [6.45, 7) is 14.3. The van der Waals surface area contributed by atoms with Gasteiger partial charge in [-0.05, 0) is 53.7 Å². The Labute approximate surface area is 160 Å². The van der Waals surface area contributed by atoms with Crippen LogP contribution in [0.4, 0.5) is 4.79 Å². The van der Waals surface area contributed by atoms with E-state index in [4.69, 9.17) is 4.74 Å². The lowest BCUT2D eigenvalue weighted by molar-refractivity contribution is 0.0144. The SMILES string of the molecule is Cc1cc(C(=O)NCCCN2CCN(C(=O)OC(C)(C)C)CC2)c(C)s1. The van der Waals surface area contributed by atoms with Gasteiger partial charge >= 0.3 is 6.09 Å². The number of amides is 2. The van der Waals surface area contributed by atoms with Gasteiger partial charge in [-0.2, -0.15) is 0 Å².